The number of nitro benzene ring substituents is 1. The van der Waals surface area contributed by atoms with Gasteiger partial charge in [-0.3, -0.25) is 14.9 Å². The minimum atomic E-state index is -0.602. The van der Waals surface area contributed by atoms with Gasteiger partial charge in [0.2, 0.25) is 0 Å². The number of amides is 1. The van der Waals surface area contributed by atoms with Gasteiger partial charge in [0.15, 0.2) is 11.5 Å². The van der Waals surface area contributed by atoms with Gasteiger partial charge in [-0.1, -0.05) is 43.7 Å². The van der Waals surface area contributed by atoms with Crippen molar-refractivity contribution in [2.75, 3.05) is 13.7 Å². The monoisotopic (exact) mass is 455 g/mol. The Morgan fingerprint density at radius 2 is 1.94 bits per heavy atom. The number of hydrogen-bond acceptors (Lipinski definition) is 7. The number of benzene rings is 2. The highest BCUT2D eigenvalue weighted by molar-refractivity contribution is 7.07. The minimum Gasteiger partial charge on any atom is -0.493 e. The van der Waals surface area contributed by atoms with Gasteiger partial charge in [-0.15, -0.1) is 11.3 Å². The first-order chi connectivity index (χ1) is 15.2. The summed E-state index contributed by atoms with van der Waals surface area (Å²) in [6.07, 6.45) is 0. The van der Waals surface area contributed by atoms with Gasteiger partial charge < -0.3 is 14.8 Å². The van der Waals surface area contributed by atoms with E-state index >= 15 is 0 Å². The summed E-state index contributed by atoms with van der Waals surface area (Å²) in [5, 5.41) is 16.3. The van der Waals surface area contributed by atoms with Gasteiger partial charge in [-0.25, -0.2) is 4.98 Å². The second kappa shape index (κ2) is 9.78. The average Bonchev–Trinajstić information content (AvgIpc) is 3.29. The third kappa shape index (κ3) is 5.42. The van der Waals surface area contributed by atoms with E-state index in [1.54, 1.807) is 5.51 Å². The first-order valence-corrected chi connectivity index (χ1v) is 10.9. The lowest BCUT2D eigenvalue weighted by molar-refractivity contribution is -0.385. The van der Waals surface area contributed by atoms with E-state index in [1.165, 1.54) is 30.6 Å². The van der Waals surface area contributed by atoms with Gasteiger partial charge in [0.25, 0.3) is 11.6 Å². The van der Waals surface area contributed by atoms with Gasteiger partial charge in [-0.2, -0.15) is 0 Å². The van der Waals surface area contributed by atoms with E-state index in [1.807, 2.05) is 50.4 Å². The smallest absolute Gasteiger partial charge is 0.286 e. The van der Waals surface area contributed by atoms with E-state index < -0.39 is 10.8 Å². The Morgan fingerprint density at radius 3 is 2.53 bits per heavy atom. The zero-order valence-electron chi connectivity index (χ0n) is 18.4. The van der Waals surface area contributed by atoms with E-state index in [4.69, 9.17) is 9.47 Å². The fourth-order valence-corrected chi connectivity index (χ4v) is 3.66. The molecule has 8 nitrogen and oxygen atoms in total. The summed E-state index contributed by atoms with van der Waals surface area (Å²) in [5.74, 6) is -0.154. The first-order valence-electron chi connectivity index (χ1n) is 9.93. The van der Waals surface area contributed by atoms with Crippen molar-refractivity contribution in [2.24, 2.45) is 0 Å². The van der Waals surface area contributed by atoms with Crippen LogP contribution in [-0.4, -0.2) is 29.5 Å². The molecule has 3 aromatic rings. The molecule has 1 aromatic heterocycles. The van der Waals surface area contributed by atoms with Crippen LogP contribution in [0.5, 0.6) is 11.5 Å². The molecule has 0 fully saturated rings. The molecular formula is C23H25N3O5S. The summed E-state index contributed by atoms with van der Waals surface area (Å²) in [5.41, 5.74) is 3.76. The number of carbonyl (C=O) groups excluding carboxylic acids is 1. The normalized spacial score (nSPS) is 11.1. The molecule has 0 aliphatic carbocycles. The van der Waals surface area contributed by atoms with E-state index in [-0.39, 0.29) is 34.8 Å². The Balaban J connectivity index is 1.81. The summed E-state index contributed by atoms with van der Waals surface area (Å²) in [7, 11) is 1.42. The molecule has 1 amide bonds. The number of methoxy groups -OCH3 is 1. The largest absolute Gasteiger partial charge is 0.493 e. The van der Waals surface area contributed by atoms with Gasteiger partial charge in [0, 0.05) is 23.4 Å². The summed E-state index contributed by atoms with van der Waals surface area (Å²) >= 11 is 1.42. The number of carbonyl (C=O) groups is 1. The molecule has 0 saturated carbocycles. The second-order valence-corrected chi connectivity index (χ2v) is 8.70. The maximum absolute atomic E-state index is 12.9. The molecule has 0 saturated heterocycles. The number of thiazole rings is 1. The molecule has 1 N–H and O–H groups in total. The van der Waals surface area contributed by atoms with E-state index in [0.29, 0.717) is 12.2 Å². The predicted molar refractivity (Wildman–Crippen MR) is 123 cm³/mol. The molecule has 0 spiro atoms. The molecule has 0 bridgehead atoms. The molecule has 0 radical (unpaired) electrons. The molecule has 2 aromatic carbocycles. The molecule has 32 heavy (non-hydrogen) atoms. The van der Waals surface area contributed by atoms with Crippen molar-refractivity contribution in [2.45, 2.75) is 32.8 Å². The van der Waals surface area contributed by atoms with E-state index in [0.717, 1.165) is 11.1 Å². The Labute approximate surface area is 190 Å². The summed E-state index contributed by atoms with van der Waals surface area (Å²) < 4.78 is 11.0. The van der Waals surface area contributed by atoms with Crippen LogP contribution < -0.4 is 14.8 Å². The highest BCUT2D eigenvalue weighted by Gasteiger charge is 2.27. The van der Waals surface area contributed by atoms with Crippen molar-refractivity contribution in [3.05, 3.63) is 79.8 Å². The quantitative estimate of drug-likeness (QED) is 0.372. The predicted octanol–water partition coefficient (Wildman–Crippen LogP) is 4.65. The van der Waals surface area contributed by atoms with Crippen molar-refractivity contribution in [3.8, 4) is 11.5 Å². The van der Waals surface area contributed by atoms with Crippen molar-refractivity contribution in [1.82, 2.24) is 10.3 Å². The Morgan fingerprint density at radius 1 is 1.22 bits per heavy atom. The highest BCUT2D eigenvalue weighted by atomic mass is 32.1. The number of aryl methyl sites for hydroxylation is 1. The fourth-order valence-electron chi connectivity index (χ4n) is 3.12. The standard InChI is InChI=1S/C23H25N3O5S/c1-15-5-7-16(8-6-15)23(2,3)13-24-22(27)18-9-20(30-4)21(10-19(18)26(28)29)31-11-17-12-32-14-25-17/h5-10,12,14H,11,13H2,1-4H3,(H,24,27). The SMILES string of the molecule is COc1cc(C(=O)NCC(C)(C)c2ccc(C)cc2)c([N+](=O)[O-])cc1OCc1cscn1. The van der Waals surface area contributed by atoms with Gasteiger partial charge >= 0.3 is 0 Å². The van der Waals surface area contributed by atoms with Crippen LogP contribution in [-0.2, 0) is 12.0 Å². The van der Waals surface area contributed by atoms with Crippen molar-refractivity contribution in [3.63, 3.8) is 0 Å². The molecule has 1 heterocycles. The number of aromatic nitrogens is 1. The Bertz CT molecular complexity index is 1100. The average molecular weight is 456 g/mol. The molecule has 0 aliphatic rings. The molecule has 0 atom stereocenters. The zero-order valence-corrected chi connectivity index (χ0v) is 19.2. The van der Waals surface area contributed by atoms with Gasteiger partial charge in [0.1, 0.15) is 12.2 Å². The second-order valence-electron chi connectivity index (χ2n) is 7.98. The number of ether oxygens (including phenoxy) is 2. The van der Waals surface area contributed by atoms with Gasteiger partial charge in [0.05, 0.1) is 29.3 Å². The van der Waals surface area contributed by atoms with E-state index in [2.05, 4.69) is 10.3 Å². The topological polar surface area (TPSA) is 104 Å². The maximum atomic E-state index is 12.9. The molecule has 0 unspecified atom stereocenters. The third-order valence-corrected chi connectivity index (χ3v) is 5.74. The lowest BCUT2D eigenvalue weighted by Gasteiger charge is -2.26. The number of hydrogen-bond donors (Lipinski definition) is 1. The maximum Gasteiger partial charge on any atom is 0.286 e. The fraction of sp³-hybridized carbons (Fsp3) is 0.304. The third-order valence-electron chi connectivity index (χ3n) is 5.11. The first kappa shape index (κ1) is 23.2. The molecule has 168 valence electrons. The Kier molecular flexibility index (Phi) is 7.09. The molecular weight excluding hydrogens is 430 g/mol. The minimum absolute atomic E-state index is 0.0902. The summed E-state index contributed by atoms with van der Waals surface area (Å²) in [6.45, 7) is 6.45. The van der Waals surface area contributed by atoms with Crippen LogP contribution in [0.1, 0.15) is 41.0 Å². The lowest BCUT2D eigenvalue weighted by Crippen LogP contribution is -2.37. The number of nitrogens with one attached hydrogen (secondary N) is 1. The number of nitrogens with zero attached hydrogens (tertiary/aromatic N) is 2. The van der Waals surface area contributed by atoms with Gasteiger partial charge in [-0.05, 0) is 12.5 Å². The number of nitro groups is 1. The van der Waals surface area contributed by atoms with Crippen LogP contribution in [0.2, 0.25) is 0 Å². The number of rotatable bonds is 9. The van der Waals surface area contributed by atoms with Crippen LogP contribution in [0.25, 0.3) is 0 Å². The van der Waals surface area contributed by atoms with Crippen LogP contribution in [0, 0.1) is 17.0 Å². The van der Waals surface area contributed by atoms with Crippen LogP contribution >= 0.6 is 11.3 Å². The summed E-state index contributed by atoms with van der Waals surface area (Å²) in [4.78, 5) is 28.1. The van der Waals surface area contributed by atoms with Crippen molar-refractivity contribution in [1.29, 1.82) is 0 Å². The highest BCUT2D eigenvalue weighted by Crippen LogP contribution is 2.35. The molecule has 9 heteroatoms. The van der Waals surface area contributed by atoms with Crippen LogP contribution in [0.4, 0.5) is 5.69 Å². The van der Waals surface area contributed by atoms with Crippen LogP contribution in [0.3, 0.4) is 0 Å². The summed E-state index contributed by atoms with van der Waals surface area (Å²) in [6, 6.07) is 10.6. The van der Waals surface area contributed by atoms with Crippen molar-refractivity contribution >= 4 is 22.9 Å². The zero-order chi connectivity index (χ0) is 23.3. The Hall–Kier alpha value is -3.46. The molecule has 0 aliphatic heterocycles. The van der Waals surface area contributed by atoms with Crippen molar-refractivity contribution < 1.29 is 19.2 Å². The van der Waals surface area contributed by atoms with Crippen LogP contribution in [0.15, 0.2) is 47.3 Å². The molecule has 3 rings (SSSR count). The van der Waals surface area contributed by atoms with E-state index in [9.17, 15) is 14.9 Å². The lowest BCUT2D eigenvalue weighted by atomic mass is 9.84.